The summed E-state index contributed by atoms with van der Waals surface area (Å²) in [6.45, 7) is -0.0536. The minimum absolute atomic E-state index is 0.0536. The topological polar surface area (TPSA) is 130 Å². The van der Waals surface area contributed by atoms with Gasteiger partial charge in [-0.05, 0) is 29.8 Å². The van der Waals surface area contributed by atoms with Crippen LogP contribution in [0, 0.1) is 10.1 Å². The van der Waals surface area contributed by atoms with Gasteiger partial charge in [-0.3, -0.25) is 10.1 Å². The number of carbonyl (C=O) groups is 1. The highest BCUT2D eigenvalue weighted by molar-refractivity contribution is 7.76. The van der Waals surface area contributed by atoms with E-state index >= 15 is 0 Å². The summed E-state index contributed by atoms with van der Waals surface area (Å²) in [5.74, 6) is -0.148. The van der Waals surface area contributed by atoms with E-state index < -0.39 is 29.6 Å². The molecule has 11 heteroatoms. The van der Waals surface area contributed by atoms with Crippen molar-refractivity contribution in [2.75, 3.05) is 0 Å². The Morgan fingerprint density at radius 3 is 2.36 bits per heavy atom. The molecule has 0 unspecified atom stereocenters. The molecule has 0 aromatic heterocycles. The van der Waals surface area contributed by atoms with E-state index in [-0.39, 0.29) is 12.4 Å². The van der Waals surface area contributed by atoms with E-state index in [4.69, 9.17) is 42.6 Å². The van der Waals surface area contributed by atoms with Gasteiger partial charge < -0.3 is 4.74 Å². The number of benzene rings is 2. The third kappa shape index (κ3) is 4.85. The maximum absolute atomic E-state index is 11.6. The van der Waals surface area contributed by atoms with E-state index in [0.717, 1.165) is 18.2 Å². The second kappa shape index (κ2) is 7.61. The second-order valence-corrected chi connectivity index (χ2v) is 7.21. The summed E-state index contributed by atoms with van der Waals surface area (Å²) < 4.78 is 5.37. The summed E-state index contributed by atoms with van der Waals surface area (Å²) in [5, 5.41) is 11.8. The van der Waals surface area contributed by atoms with E-state index in [9.17, 15) is 14.9 Å². The van der Waals surface area contributed by atoms with Gasteiger partial charge in [0.15, 0.2) is 5.75 Å². The molecule has 25 heavy (non-hydrogen) atoms. The number of nitro benzene ring substituents is 1. The zero-order chi connectivity index (χ0) is 18.8. The average Bonchev–Trinajstić information content (AvgIpc) is 2.54. The highest BCUT2D eigenvalue weighted by Crippen LogP contribution is 2.48. The standard InChI is InChI=1S/C14H11Cl2NO7P/c15-10-3-1-8(5-11(10)16)7-24-13-4-2-9(6-12(13)17(19)20)14(18)25(21,22)23/h1-6,21-23H,7H2/q+1. The number of nitro groups is 1. The largest absolute Gasteiger partial charge is 0.483 e. The lowest BCUT2D eigenvalue weighted by molar-refractivity contribution is -0.386. The molecule has 8 nitrogen and oxygen atoms in total. The van der Waals surface area contributed by atoms with Gasteiger partial charge in [-0.1, -0.05) is 29.3 Å². The van der Waals surface area contributed by atoms with Crippen LogP contribution in [-0.2, 0) is 6.61 Å². The lowest BCUT2D eigenvalue weighted by Crippen LogP contribution is -2.07. The molecule has 2 aromatic rings. The SMILES string of the molecule is O=C(c1ccc(OCc2ccc(Cl)c(Cl)c2)c([N+](=O)[O-])c1)[P+](O)(O)O. The molecule has 0 radical (unpaired) electrons. The Balaban J connectivity index is 2.27. The van der Waals surface area contributed by atoms with E-state index in [1.165, 1.54) is 6.07 Å². The summed E-state index contributed by atoms with van der Waals surface area (Å²) in [5.41, 5.74) is -1.78. The fraction of sp³-hybridized carbons (Fsp3) is 0.0714. The number of hydrogen-bond acceptors (Lipinski definition) is 7. The fourth-order valence-corrected chi connectivity index (χ4v) is 2.69. The van der Waals surface area contributed by atoms with Crippen LogP contribution < -0.4 is 4.74 Å². The van der Waals surface area contributed by atoms with E-state index in [0.29, 0.717) is 15.6 Å². The number of hydrogen-bond donors (Lipinski definition) is 3. The number of rotatable bonds is 6. The van der Waals surface area contributed by atoms with Gasteiger partial charge in [-0.25, -0.2) is 4.79 Å². The van der Waals surface area contributed by atoms with Crippen LogP contribution in [0.3, 0.4) is 0 Å². The molecule has 0 fully saturated rings. The van der Waals surface area contributed by atoms with Crippen molar-refractivity contribution in [3.8, 4) is 5.75 Å². The summed E-state index contributed by atoms with van der Waals surface area (Å²) in [7, 11) is -4.80. The predicted molar refractivity (Wildman–Crippen MR) is 91.8 cm³/mol. The first kappa shape index (κ1) is 19.5. The molecule has 0 saturated carbocycles. The first-order valence-corrected chi connectivity index (χ1v) is 8.97. The van der Waals surface area contributed by atoms with Crippen LogP contribution in [0.2, 0.25) is 10.0 Å². The van der Waals surface area contributed by atoms with Crippen LogP contribution >= 0.6 is 31.1 Å². The third-order valence-corrected chi connectivity index (χ3v) is 4.60. The van der Waals surface area contributed by atoms with E-state index in [1.54, 1.807) is 12.1 Å². The third-order valence-electron chi connectivity index (χ3n) is 3.05. The quantitative estimate of drug-likeness (QED) is 0.380. The molecule has 2 rings (SSSR count). The molecule has 0 amide bonds. The van der Waals surface area contributed by atoms with Crippen LogP contribution in [-0.4, -0.2) is 25.1 Å². The van der Waals surface area contributed by atoms with Crippen molar-refractivity contribution in [2.45, 2.75) is 6.61 Å². The van der Waals surface area contributed by atoms with Gasteiger partial charge in [0.1, 0.15) is 6.61 Å². The predicted octanol–water partition coefficient (Wildman–Crippen LogP) is 3.36. The monoisotopic (exact) mass is 406 g/mol. The maximum atomic E-state index is 11.6. The Kier molecular flexibility index (Phi) is 5.95. The van der Waals surface area contributed by atoms with Crippen LogP contribution in [0.1, 0.15) is 15.9 Å². The number of ether oxygens (including phenoxy) is 1. The van der Waals surface area contributed by atoms with Crippen molar-refractivity contribution in [3.63, 3.8) is 0 Å². The molecule has 0 heterocycles. The Hall–Kier alpha value is -1.80. The highest BCUT2D eigenvalue weighted by Gasteiger charge is 2.44. The lowest BCUT2D eigenvalue weighted by atomic mass is 10.2. The van der Waals surface area contributed by atoms with Crippen LogP contribution in [0.25, 0.3) is 0 Å². The average molecular weight is 407 g/mol. The Morgan fingerprint density at radius 1 is 1.12 bits per heavy atom. The normalized spacial score (nSPS) is 11.2. The Morgan fingerprint density at radius 2 is 1.80 bits per heavy atom. The molecule has 0 aliphatic heterocycles. The van der Waals surface area contributed by atoms with Crippen LogP contribution in [0.5, 0.6) is 5.75 Å². The van der Waals surface area contributed by atoms with Crippen molar-refractivity contribution < 1.29 is 29.1 Å². The van der Waals surface area contributed by atoms with Crippen molar-refractivity contribution in [1.82, 2.24) is 0 Å². The van der Waals surface area contributed by atoms with Crippen molar-refractivity contribution in [3.05, 3.63) is 67.7 Å². The molecular formula is C14H11Cl2NO7P+. The van der Waals surface area contributed by atoms with Gasteiger partial charge in [0.2, 0.25) is 0 Å². The number of halogens is 2. The van der Waals surface area contributed by atoms with Gasteiger partial charge >= 0.3 is 19.2 Å². The zero-order valence-electron chi connectivity index (χ0n) is 12.3. The molecule has 132 valence electrons. The highest BCUT2D eigenvalue weighted by atomic mass is 35.5. The number of carbonyl (C=O) groups excluding carboxylic acids is 1. The van der Waals surface area contributed by atoms with E-state index in [1.807, 2.05) is 0 Å². The van der Waals surface area contributed by atoms with Gasteiger partial charge in [-0.15, -0.1) is 0 Å². The molecule has 0 bridgehead atoms. The zero-order valence-corrected chi connectivity index (χ0v) is 14.7. The molecule has 0 aliphatic rings. The first-order chi connectivity index (χ1) is 11.6. The van der Waals surface area contributed by atoms with Crippen molar-refractivity contribution >= 4 is 42.4 Å². The van der Waals surface area contributed by atoms with E-state index in [2.05, 4.69) is 0 Å². The minimum atomic E-state index is -4.80. The molecule has 3 N–H and O–H groups in total. The number of nitrogens with zero attached hydrogens (tertiary/aromatic N) is 1. The van der Waals surface area contributed by atoms with Gasteiger partial charge in [-0.2, -0.15) is 14.7 Å². The Labute approximate surface area is 151 Å². The maximum Gasteiger partial charge on any atom is 0.483 e. The van der Waals surface area contributed by atoms with Crippen molar-refractivity contribution in [2.24, 2.45) is 0 Å². The van der Waals surface area contributed by atoms with Crippen LogP contribution in [0.15, 0.2) is 36.4 Å². The molecule has 2 aromatic carbocycles. The first-order valence-electron chi connectivity index (χ1n) is 6.57. The Bertz CT molecular complexity index is 838. The molecule has 0 aliphatic carbocycles. The molecule has 0 saturated heterocycles. The van der Waals surface area contributed by atoms with Gasteiger partial charge in [0.25, 0.3) is 0 Å². The van der Waals surface area contributed by atoms with Crippen molar-refractivity contribution in [1.29, 1.82) is 0 Å². The smallest absolute Gasteiger partial charge is 0.482 e. The minimum Gasteiger partial charge on any atom is -0.482 e. The fourth-order valence-electron chi connectivity index (χ4n) is 1.88. The second-order valence-electron chi connectivity index (χ2n) is 4.85. The summed E-state index contributed by atoms with van der Waals surface area (Å²) in [6, 6.07) is 7.71. The van der Waals surface area contributed by atoms with Gasteiger partial charge in [0, 0.05) is 6.07 Å². The molecule has 0 atom stereocenters. The summed E-state index contributed by atoms with van der Waals surface area (Å²) >= 11 is 11.7. The van der Waals surface area contributed by atoms with Crippen LogP contribution in [0.4, 0.5) is 5.69 Å². The molecule has 0 spiro atoms. The molecular weight excluding hydrogens is 396 g/mol. The lowest BCUT2D eigenvalue weighted by Gasteiger charge is -2.09. The summed E-state index contributed by atoms with van der Waals surface area (Å²) in [6.07, 6.45) is 0. The van der Waals surface area contributed by atoms with Gasteiger partial charge in [0.05, 0.1) is 20.5 Å². The summed E-state index contributed by atoms with van der Waals surface area (Å²) in [4.78, 5) is 48.9.